The highest BCUT2D eigenvalue weighted by atomic mass is 15.2. The zero-order valence-corrected chi connectivity index (χ0v) is 13.1. The van der Waals surface area contributed by atoms with Crippen LogP contribution in [-0.4, -0.2) is 62.7 Å². The van der Waals surface area contributed by atoms with Crippen molar-refractivity contribution in [3.8, 4) is 0 Å². The Bertz CT molecular complexity index is 220. The molecule has 1 fully saturated rings. The first-order chi connectivity index (χ1) is 8.38. The lowest BCUT2D eigenvalue weighted by atomic mass is 9.92. The predicted molar refractivity (Wildman–Crippen MR) is 80.1 cm³/mol. The van der Waals surface area contributed by atoms with Gasteiger partial charge in [0.1, 0.15) is 0 Å². The molecule has 0 saturated carbocycles. The second kappa shape index (κ2) is 7.46. The number of rotatable bonds is 6. The Morgan fingerprint density at radius 3 is 2.56 bits per heavy atom. The van der Waals surface area contributed by atoms with Crippen LogP contribution in [0.2, 0.25) is 0 Å². The van der Waals surface area contributed by atoms with Gasteiger partial charge in [0, 0.05) is 25.7 Å². The first kappa shape index (κ1) is 15.9. The summed E-state index contributed by atoms with van der Waals surface area (Å²) in [6.45, 7) is 12.9. The van der Waals surface area contributed by atoms with Crippen LogP contribution in [0.4, 0.5) is 0 Å². The summed E-state index contributed by atoms with van der Waals surface area (Å²) in [5, 5.41) is 3.58. The van der Waals surface area contributed by atoms with Gasteiger partial charge in [-0.15, -0.1) is 0 Å². The third-order valence-corrected chi connectivity index (χ3v) is 3.87. The van der Waals surface area contributed by atoms with E-state index in [1.54, 1.807) is 0 Å². The summed E-state index contributed by atoms with van der Waals surface area (Å²) in [5.41, 5.74) is 0.453. The van der Waals surface area contributed by atoms with Gasteiger partial charge in [-0.3, -0.25) is 0 Å². The summed E-state index contributed by atoms with van der Waals surface area (Å²) in [4.78, 5) is 4.98. The van der Waals surface area contributed by atoms with E-state index in [1.165, 1.54) is 38.9 Å². The Hall–Kier alpha value is -0.120. The second-order valence-corrected chi connectivity index (χ2v) is 7.12. The minimum Gasteiger partial charge on any atom is -0.315 e. The Labute approximate surface area is 114 Å². The van der Waals surface area contributed by atoms with Crippen molar-refractivity contribution in [3.63, 3.8) is 0 Å². The number of nitrogens with one attached hydrogen (secondary N) is 1. The van der Waals surface area contributed by atoms with Gasteiger partial charge in [-0.25, -0.2) is 0 Å². The van der Waals surface area contributed by atoms with E-state index in [1.807, 2.05) is 0 Å². The highest BCUT2D eigenvalue weighted by molar-refractivity contribution is 4.78. The molecule has 1 N–H and O–H groups in total. The number of likely N-dealkylation sites (N-methyl/N-ethyl adjacent to an activating group) is 1. The van der Waals surface area contributed by atoms with Gasteiger partial charge < -0.3 is 15.1 Å². The largest absolute Gasteiger partial charge is 0.315 e. The lowest BCUT2D eigenvalue weighted by Crippen LogP contribution is -2.47. The summed E-state index contributed by atoms with van der Waals surface area (Å²) in [7, 11) is 4.41. The Balaban J connectivity index is 2.08. The first-order valence-electron chi connectivity index (χ1n) is 7.48. The SMILES string of the molecule is CN(C)C1CCCN(CCNCCC(C)(C)C)C1. The van der Waals surface area contributed by atoms with E-state index in [4.69, 9.17) is 0 Å². The van der Waals surface area contributed by atoms with Gasteiger partial charge in [0.15, 0.2) is 0 Å². The molecule has 1 aliphatic heterocycles. The molecule has 0 radical (unpaired) electrons. The molecule has 1 saturated heterocycles. The van der Waals surface area contributed by atoms with Crippen LogP contribution in [-0.2, 0) is 0 Å². The minimum absolute atomic E-state index is 0.453. The molecule has 0 aliphatic carbocycles. The van der Waals surface area contributed by atoms with Crippen LogP contribution in [0.15, 0.2) is 0 Å². The predicted octanol–water partition coefficient (Wildman–Crippen LogP) is 2.04. The average Bonchev–Trinajstić information content (AvgIpc) is 2.27. The van der Waals surface area contributed by atoms with E-state index in [0.717, 1.165) is 19.1 Å². The van der Waals surface area contributed by atoms with Crippen LogP contribution in [0.5, 0.6) is 0 Å². The third kappa shape index (κ3) is 6.72. The van der Waals surface area contributed by atoms with Gasteiger partial charge in [-0.05, 0) is 51.9 Å². The molecule has 3 nitrogen and oxygen atoms in total. The van der Waals surface area contributed by atoms with Crippen LogP contribution < -0.4 is 5.32 Å². The maximum atomic E-state index is 3.58. The number of nitrogens with zero attached hydrogens (tertiary/aromatic N) is 2. The summed E-state index contributed by atoms with van der Waals surface area (Å²) in [6.07, 6.45) is 3.97. The van der Waals surface area contributed by atoms with Gasteiger partial charge in [0.2, 0.25) is 0 Å². The molecule has 0 aromatic rings. The van der Waals surface area contributed by atoms with Gasteiger partial charge in [-0.1, -0.05) is 20.8 Å². The van der Waals surface area contributed by atoms with E-state index in [2.05, 4.69) is 50.0 Å². The monoisotopic (exact) mass is 255 g/mol. The van der Waals surface area contributed by atoms with E-state index >= 15 is 0 Å². The maximum Gasteiger partial charge on any atom is 0.0217 e. The fraction of sp³-hybridized carbons (Fsp3) is 1.00. The Kier molecular flexibility index (Phi) is 6.61. The maximum absolute atomic E-state index is 3.58. The van der Waals surface area contributed by atoms with Crippen molar-refractivity contribution in [3.05, 3.63) is 0 Å². The molecule has 1 atom stereocenters. The molecular formula is C15H33N3. The molecule has 0 aromatic carbocycles. The molecule has 108 valence electrons. The molecule has 1 unspecified atom stereocenters. The number of likely N-dealkylation sites (tertiary alicyclic amines) is 1. The topological polar surface area (TPSA) is 18.5 Å². The van der Waals surface area contributed by atoms with Crippen LogP contribution >= 0.6 is 0 Å². The molecule has 0 amide bonds. The fourth-order valence-corrected chi connectivity index (χ4v) is 2.48. The molecule has 0 aromatic heterocycles. The second-order valence-electron chi connectivity index (χ2n) is 7.12. The zero-order chi connectivity index (χ0) is 13.6. The van der Waals surface area contributed by atoms with Crippen LogP contribution in [0.3, 0.4) is 0 Å². The standard InChI is InChI=1S/C15H33N3/c1-15(2,3)8-9-16-10-12-18-11-6-7-14(13-18)17(4)5/h14,16H,6-13H2,1-5H3. The summed E-state index contributed by atoms with van der Waals surface area (Å²) >= 11 is 0. The first-order valence-corrected chi connectivity index (χ1v) is 7.48. The van der Waals surface area contributed by atoms with Crippen molar-refractivity contribution in [2.75, 3.05) is 46.8 Å². The van der Waals surface area contributed by atoms with Crippen LogP contribution in [0, 0.1) is 5.41 Å². The highest BCUT2D eigenvalue weighted by Crippen LogP contribution is 2.17. The third-order valence-electron chi connectivity index (χ3n) is 3.87. The summed E-state index contributed by atoms with van der Waals surface area (Å²) in [6, 6.07) is 0.758. The van der Waals surface area contributed by atoms with Crippen LogP contribution in [0.25, 0.3) is 0 Å². The Morgan fingerprint density at radius 2 is 1.94 bits per heavy atom. The quantitative estimate of drug-likeness (QED) is 0.733. The normalized spacial score (nSPS) is 22.7. The van der Waals surface area contributed by atoms with E-state index in [-0.39, 0.29) is 0 Å². The number of piperidine rings is 1. The number of hydrogen-bond acceptors (Lipinski definition) is 3. The van der Waals surface area contributed by atoms with Crippen molar-refractivity contribution in [1.29, 1.82) is 0 Å². The van der Waals surface area contributed by atoms with E-state index < -0.39 is 0 Å². The summed E-state index contributed by atoms with van der Waals surface area (Å²) in [5.74, 6) is 0. The minimum atomic E-state index is 0.453. The molecule has 18 heavy (non-hydrogen) atoms. The van der Waals surface area contributed by atoms with E-state index in [0.29, 0.717) is 5.41 Å². The molecule has 1 rings (SSSR count). The average molecular weight is 255 g/mol. The van der Waals surface area contributed by atoms with Crippen molar-refractivity contribution >= 4 is 0 Å². The summed E-state index contributed by atoms with van der Waals surface area (Å²) < 4.78 is 0. The van der Waals surface area contributed by atoms with Crippen molar-refractivity contribution in [1.82, 2.24) is 15.1 Å². The molecule has 0 bridgehead atoms. The molecule has 3 heteroatoms. The van der Waals surface area contributed by atoms with Gasteiger partial charge in [0.05, 0.1) is 0 Å². The van der Waals surface area contributed by atoms with Gasteiger partial charge in [-0.2, -0.15) is 0 Å². The fourth-order valence-electron chi connectivity index (χ4n) is 2.48. The lowest BCUT2D eigenvalue weighted by molar-refractivity contribution is 0.133. The van der Waals surface area contributed by atoms with Gasteiger partial charge >= 0.3 is 0 Å². The molecule has 1 aliphatic rings. The van der Waals surface area contributed by atoms with Crippen molar-refractivity contribution < 1.29 is 0 Å². The van der Waals surface area contributed by atoms with Crippen LogP contribution in [0.1, 0.15) is 40.0 Å². The molecular weight excluding hydrogens is 222 g/mol. The van der Waals surface area contributed by atoms with Crippen molar-refractivity contribution in [2.24, 2.45) is 5.41 Å². The van der Waals surface area contributed by atoms with E-state index in [9.17, 15) is 0 Å². The smallest absolute Gasteiger partial charge is 0.0217 e. The molecule has 1 heterocycles. The van der Waals surface area contributed by atoms with Gasteiger partial charge in [0.25, 0.3) is 0 Å². The van der Waals surface area contributed by atoms with Crippen molar-refractivity contribution in [2.45, 2.75) is 46.1 Å². The molecule has 0 spiro atoms. The lowest BCUT2D eigenvalue weighted by Gasteiger charge is -2.36. The number of hydrogen-bond donors (Lipinski definition) is 1. The zero-order valence-electron chi connectivity index (χ0n) is 13.1. The Morgan fingerprint density at radius 1 is 1.22 bits per heavy atom. The highest BCUT2D eigenvalue weighted by Gasteiger charge is 2.20.